The van der Waals surface area contributed by atoms with E-state index in [0.29, 0.717) is 0 Å². The molecule has 0 aromatic carbocycles. The molecular weight excluding hydrogens is 126 g/mol. The number of nitrogens with zero attached hydrogens (tertiary/aromatic N) is 1. The van der Waals surface area contributed by atoms with Crippen molar-refractivity contribution in [2.24, 2.45) is 0 Å². The number of hydrogen-bond donors (Lipinski definition) is 1. The maximum atomic E-state index is 9.40. The van der Waals surface area contributed by atoms with Gasteiger partial charge in [0.25, 0.3) is 0 Å². The largest absolute Gasteiger partial charge is 0.534 e. The van der Waals surface area contributed by atoms with Crippen LogP contribution >= 0.6 is 0 Å². The summed E-state index contributed by atoms with van der Waals surface area (Å²) in [5.74, 6) is -0.565. The van der Waals surface area contributed by atoms with Crippen molar-refractivity contribution in [3.63, 3.8) is 0 Å². The van der Waals surface area contributed by atoms with Crippen LogP contribution in [0.2, 0.25) is 0 Å². The Kier molecular flexibility index (Phi) is 7.71. The zero-order valence-electron chi connectivity index (χ0n) is 3.16. The van der Waals surface area contributed by atoms with E-state index in [0.717, 1.165) is 0 Å². The molecule has 0 unspecified atom stereocenters. The van der Waals surface area contributed by atoms with Crippen molar-refractivity contribution < 1.29 is 27.1 Å². The molecule has 0 rings (SSSR count). The molecule has 0 aromatic rings. The van der Waals surface area contributed by atoms with Gasteiger partial charge in [-0.25, -0.2) is 0 Å². The number of amides is 1. The normalized spacial score (nSPS) is 5.67. The molecule has 0 heterocycles. The second-order valence-electron chi connectivity index (χ2n) is 0.619. The van der Waals surface area contributed by atoms with Gasteiger partial charge in [0, 0.05) is 17.1 Å². The number of hydrogen-bond acceptors (Lipinski definition) is 2. The molecule has 0 saturated carbocycles. The Labute approximate surface area is 46.2 Å². The summed E-state index contributed by atoms with van der Waals surface area (Å²) in [6.45, 7) is 1.17. The first-order valence-electron chi connectivity index (χ1n) is 1.13. The SMILES string of the molecule is CC(=O)[N-]O.[Fe]. The summed E-state index contributed by atoms with van der Waals surface area (Å²) in [4.78, 5) is 9.40. The molecule has 0 bridgehead atoms. The summed E-state index contributed by atoms with van der Waals surface area (Å²) in [5, 5.41) is 7.42. The van der Waals surface area contributed by atoms with Crippen LogP contribution in [0, 0.1) is 0 Å². The van der Waals surface area contributed by atoms with Gasteiger partial charge in [0.2, 0.25) is 0 Å². The van der Waals surface area contributed by atoms with E-state index in [9.17, 15) is 4.79 Å². The van der Waals surface area contributed by atoms with Gasteiger partial charge in [-0.2, -0.15) is 0 Å². The van der Waals surface area contributed by atoms with Crippen LogP contribution in [0.25, 0.3) is 5.48 Å². The van der Waals surface area contributed by atoms with Crippen LogP contribution in [0.3, 0.4) is 0 Å². The first-order valence-corrected chi connectivity index (χ1v) is 1.13. The van der Waals surface area contributed by atoms with Crippen molar-refractivity contribution in [1.82, 2.24) is 0 Å². The third-order valence-electron chi connectivity index (χ3n) is 0.141. The molecule has 38 valence electrons. The number of carbonyl (C=O) groups is 1. The van der Waals surface area contributed by atoms with E-state index >= 15 is 0 Å². The van der Waals surface area contributed by atoms with E-state index in [1.165, 1.54) is 6.92 Å². The minimum absolute atomic E-state index is 0. The van der Waals surface area contributed by atoms with E-state index in [4.69, 9.17) is 5.21 Å². The van der Waals surface area contributed by atoms with Crippen LogP contribution in [0.5, 0.6) is 0 Å². The molecule has 1 N–H and O–H groups in total. The summed E-state index contributed by atoms with van der Waals surface area (Å²) in [6, 6.07) is 0. The monoisotopic (exact) mass is 130 g/mol. The van der Waals surface area contributed by atoms with Gasteiger partial charge in [-0.05, 0) is 6.92 Å². The molecule has 0 aromatic heterocycles. The minimum Gasteiger partial charge on any atom is -0.534 e. The molecule has 0 aliphatic carbocycles. The van der Waals surface area contributed by atoms with Gasteiger partial charge in [0.1, 0.15) is 0 Å². The second kappa shape index (κ2) is 4.95. The summed E-state index contributed by atoms with van der Waals surface area (Å²) < 4.78 is 0. The average Bonchev–Trinajstić information content (AvgIpc) is 1.38. The molecule has 0 atom stereocenters. The fourth-order valence-corrected chi connectivity index (χ4v) is 0. The van der Waals surface area contributed by atoms with Gasteiger partial charge in [-0.15, -0.1) is 0 Å². The molecule has 0 saturated heterocycles. The zero-order chi connectivity index (χ0) is 4.28. The van der Waals surface area contributed by atoms with E-state index in [1.807, 2.05) is 0 Å². The smallest absolute Gasteiger partial charge is 0.0679 e. The van der Waals surface area contributed by atoms with Gasteiger partial charge >= 0.3 is 0 Å². The fraction of sp³-hybridized carbons (Fsp3) is 0.500. The first kappa shape index (κ1) is 9.34. The van der Waals surface area contributed by atoms with Gasteiger partial charge < -0.3 is 15.5 Å². The van der Waals surface area contributed by atoms with Crippen LogP contribution in [0.15, 0.2) is 0 Å². The van der Waals surface area contributed by atoms with Gasteiger partial charge in [-0.1, -0.05) is 0 Å². The van der Waals surface area contributed by atoms with E-state index in [-0.39, 0.29) is 17.1 Å². The van der Waals surface area contributed by atoms with Crippen molar-refractivity contribution in [2.45, 2.75) is 6.92 Å². The maximum absolute atomic E-state index is 9.40. The Hall–Kier alpha value is -0.0505. The van der Waals surface area contributed by atoms with Crippen LogP contribution < -0.4 is 0 Å². The van der Waals surface area contributed by atoms with Crippen molar-refractivity contribution in [2.75, 3.05) is 0 Å². The van der Waals surface area contributed by atoms with Crippen molar-refractivity contribution in [1.29, 1.82) is 0 Å². The summed E-state index contributed by atoms with van der Waals surface area (Å²) in [6.07, 6.45) is 0. The van der Waals surface area contributed by atoms with E-state index in [1.54, 1.807) is 0 Å². The average molecular weight is 130 g/mol. The summed E-state index contributed by atoms with van der Waals surface area (Å²) >= 11 is 0. The van der Waals surface area contributed by atoms with Gasteiger partial charge in [-0.3, -0.25) is 0 Å². The molecule has 0 spiro atoms. The second-order valence-corrected chi connectivity index (χ2v) is 0.619. The van der Waals surface area contributed by atoms with Crippen molar-refractivity contribution in [3.8, 4) is 0 Å². The number of hydroxylamine groups is 1. The molecule has 1 amide bonds. The zero-order valence-corrected chi connectivity index (χ0v) is 4.26. The molecule has 0 aliphatic heterocycles. The Morgan fingerprint density at radius 2 is 2.00 bits per heavy atom. The Balaban J connectivity index is 0. The molecule has 0 radical (unpaired) electrons. The minimum atomic E-state index is -0.565. The topological polar surface area (TPSA) is 51.4 Å². The van der Waals surface area contributed by atoms with Crippen LogP contribution in [0.1, 0.15) is 6.92 Å². The summed E-state index contributed by atoms with van der Waals surface area (Å²) in [7, 11) is 0. The van der Waals surface area contributed by atoms with Crippen LogP contribution in [-0.2, 0) is 21.9 Å². The quantitative estimate of drug-likeness (QED) is 0.291. The standard InChI is InChI=1S/C2H5NO2.Fe/c1-2(4)3-5;/h1H3,(H2,3,4,5);/p-1. The van der Waals surface area contributed by atoms with Crippen molar-refractivity contribution in [3.05, 3.63) is 5.48 Å². The van der Waals surface area contributed by atoms with Crippen LogP contribution in [-0.4, -0.2) is 11.1 Å². The van der Waals surface area contributed by atoms with E-state index < -0.39 is 5.91 Å². The fourth-order valence-electron chi connectivity index (χ4n) is 0. The molecule has 3 nitrogen and oxygen atoms in total. The number of carbonyl (C=O) groups excluding carboxylic acids is 1. The summed E-state index contributed by atoms with van der Waals surface area (Å²) in [5.41, 5.74) is 2.25. The Morgan fingerprint density at radius 3 is 2.00 bits per heavy atom. The van der Waals surface area contributed by atoms with E-state index in [2.05, 4.69) is 5.48 Å². The Bertz CT molecular complexity index is 46.8. The molecule has 0 aliphatic rings. The predicted octanol–water partition coefficient (Wildman–Crippen LogP) is 0.293. The first-order chi connectivity index (χ1) is 2.27. The van der Waals surface area contributed by atoms with Gasteiger partial charge in [0.15, 0.2) is 0 Å². The predicted molar refractivity (Wildman–Crippen MR) is 15.8 cm³/mol. The third-order valence-corrected chi connectivity index (χ3v) is 0.141. The molecule has 4 heteroatoms. The molecule has 0 fully saturated rings. The third kappa shape index (κ3) is 9.04. The van der Waals surface area contributed by atoms with Crippen molar-refractivity contribution >= 4 is 5.91 Å². The molecular formula is C2H4FeNO2-. The van der Waals surface area contributed by atoms with Gasteiger partial charge in [0.05, 0.1) is 5.91 Å². The maximum Gasteiger partial charge on any atom is 0.0679 e. The number of rotatable bonds is 0. The molecule has 6 heavy (non-hydrogen) atoms. The van der Waals surface area contributed by atoms with Crippen LogP contribution in [0.4, 0.5) is 0 Å². The Morgan fingerprint density at radius 1 is 1.83 bits per heavy atom.